The van der Waals surface area contributed by atoms with Crippen LogP contribution in [0.2, 0.25) is 0 Å². The molecule has 0 aromatic heterocycles. The van der Waals surface area contributed by atoms with E-state index in [4.69, 9.17) is 10.2 Å². The molecule has 3 nitrogen and oxygen atoms in total. The highest BCUT2D eigenvalue weighted by atomic mass is 16.4. The normalized spacial score (nSPS) is 12.8. The van der Waals surface area contributed by atoms with Gasteiger partial charge in [-0.25, -0.2) is 4.79 Å². The van der Waals surface area contributed by atoms with E-state index in [0.29, 0.717) is 5.56 Å². The van der Waals surface area contributed by atoms with Crippen molar-refractivity contribution in [3.05, 3.63) is 29.3 Å². The van der Waals surface area contributed by atoms with Crippen LogP contribution in [0, 0.1) is 0 Å². The molecule has 0 saturated heterocycles. The largest absolute Gasteiger partial charge is 0.508 e. The van der Waals surface area contributed by atoms with Gasteiger partial charge in [0, 0.05) is 0 Å². The van der Waals surface area contributed by atoms with E-state index >= 15 is 0 Å². The first-order valence-electron chi connectivity index (χ1n) is 3.47. The van der Waals surface area contributed by atoms with Crippen LogP contribution in [0.25, 0.3) is 11.6 Å². The topological polar surface area (TPSA) is 57.5 Å². The van der Waals surface area contributed by atoms with Crippen molar-refractivity contribution in [1.29, 1.82) is 0 Å². The van der Waals surface area contributed by atoms with E-state index < -0.39 is 5.97 Å². The van der Waals surface area contributed by atoms with Crippen molar-refractivity contribution in [3.8, 4) is 5.75 Å². The second-order valence-corrected chi connectivity index (χ2v) is 2.63. The molecule has 0 atom stereocenters. The van der Waals surface area contributed by atoms with Gasteiger partial charge >= 0.3 is 5.97 Å². The third-order valence-corrected chi connectivity index (χ3v) is 1.86. The van der Waals surface area contributed by atoms with Crippen LogP contribution in [-0.4, -0.2) is 16.2 Å². The molecule has 0 radical (unpaired) electrons. The van der Waals surface area contributed by atoms with Gasteiger partial charge in [-0.1, -0.05) is 6.07 Å². The van der Waals surface area contributed by atoms with Crippen LogP contribution in [0.5, 0.6) is 5.75 Å². The van der Waals surface area contributed by atoms with Crippen LogP contribution in [-0.2, 0) is 4.79 Å². The Morgan fingerprint density at radius 3 is 2.75 bits per heavy atom. The number of carboxylic acid groups (broad SMARTS) is 1. The molecule has 0 amide bonds. The molecular weight excluding hydrogens is 156 g/mol. The van der Waals surface area contributed by atoms with Crippen molar-refractivity contribution in [2.45, 2.75) is 0 Å². The van der Waals surface area contributed by atoms with E-state index in [1.165, 1.54) is 12.1 Å². The number of phenolic OH excluding ortho intramolecular Hbond substituents is 1. The first kappa shape index (κ1) is 6.91. The number of phenols is 1. The Labute approximate surface area is 68.6 Å². The van der Waals surface area contributed by atoms with E-state index in [0.717, 1.165) is 5.56 Å². The molecule has 3 heteroatoms. The smallest absolute Gasteiger partial charge is 0.336 e. The van der Waals surface area contributed by atoms with Gasteiger partial charge in [0.05, 0.1) is 5.57 Å². The van der Waals surface area contributed by atoms with Gasteiger partial charge in [-0.15, -0.1) is 0 Å². The standard InChI is InChI=1S/C9H6O3/c10-6-2-1-5-3-8(9(11)12)7(5)4-6/h1-4,10H,(H,11,12). The predicted octanol–water partition coefficient (Wildman–Crippen LogP) is 1.33. The van der Waals surface area contributed by atoms with E-state index in [2.05, 4.69) is 0 Å². The fraction of sp³-hybridized carbons (Fsp3) is 0. The fourth-order valence-corrected chi connectivity index (χ4v) is 1.24. The molecule has 0 unspecified atom stereocenters. The monoisotopic (exact) mass is 162 g/mol. The third-order valence-electron chi connectivity index (χ3n) is 1.86. The average molecular weight is 162 g/mol. The first-order chi connectivity index (χ1) is 5.68. The summed E-state index contributed by atoms with van der Waals surface area (Å²) in [5.74, 6) is -0.853. The number of benzene rings is 1. The molecule has 0 saturated carbocycles. The molecule has 0 heterocycles. The molecule has 0 spiro atoms. The Bertz CT molecular complexity index is 391. The number of hydrogen-bond donors (Lipinski definition) is 2. The molecule has 12 heavy (non-hydrogen) atoms. The van der Waals surface area contributed by atoms with Gasteiger partial charge in [-0.2, -0.15) is 0 Å². The third kappa shape index (κ3) is 0.797. The van der Waals surface area contributed by atoms with E-state index in [-0.39, 0.29) is 11.3 Å². The zero-order chi connectivity index (χ0) is 8.72. The molecule has 2 N–H and O–H groups in total. The van der Waals surface area contributed by atoms with Gasteiger partial charge < -0.3 is 10.2 Å². The molecule has 60 valence electrons. The van der Waals surface area contributed by atoms with Gasteiger partial charge in [0.2, 0.25) is 0 Å². The number of hydrogen-bond acceptors (Lipinski definition) is 2. The minimum Gasteiger partial charge on any atom is -0.508 e. The van der Waals surface area contributed by atoms with Crippen LogP contribution < -0.4 is 0 Å². The summed E-state index contributed by atoms with van der Waals surface area (Å²) in [5.41, 5.74) is 1.74. The zero-order valence-electron chi connectivity index (χ0n) is 6.11. The Morgan fingerprint density at radius 2 is 2.08 bits per heavy atom. The van der Waals surface area contributed by atoms with Crippen molar-refractivity contribution in [3.63, 3.8) is 0 Å². The molecule has 1 aliphatic rings. The molecule has 0 fully saturated rings. The van der Waals surface area contributed by atoms with Crippen molar-refractivity contribution in [2.75, 3.05) is 0 Å². The zero-order valence-corrected chi connectivity index (χ0v) is 6.11. The lowest BCUT2D eigenvalue weighted by Gasteiger charge is -2.15. The number of fused-ring (bicyclic) bond motifs is 1. The molecule has 2 rings (SSSR count). The van der Waals surface area contributed by atoms with E-state index in [1.54, 1.807) is 12.1 Å². The average Bonchev–Trinajstić information content (AvgIpc) is 1.95. The number of carbonyl (C=O) groups is 1. The number of aromatic hydroxyl groups is 1. The number of rotatable bonds is 1. The predicted molar refractivity (Wildman–Crippen MR) is 43.6 cm³/mol. The summed E-state index contributed by atoms with van der Waals surface area (Å²) >= 11 is 0. The van der Waals surface area contributed by atoms with Crippen molar-refractivity contribution in [1.82, 2.24) is 0 Å². The highest BCUT2D eigenvalue weighted by Crippen LogP contribution is 2.34. The Balaban J connectivity index is 2.47. The van der Waals surface area contributed by atoms with Gasteiger partial charge in [-0.05, 0) is 29.3 Å². The summed E-state index contributed by atoms with van der Waals surface area (Å²) in [5, 5.41) is 17.7. The minimum atomic E-state index is -0.951. The molecule has 1 aromatic carbocycles. The van der Waals surface area contributed by atoms with Crippen LogP contribution in [0.15, 0.2) is 18.2 Å². The number of aliphatic carboxylic acids is 1. The van der Waals surface area contributed by atoms with Gasteiger partial charge in [0.25, 0.3) is 0 Å². The van der Waals surface area contributed by atoms with Crippen LogP contribution in [0.4, 0.5) is 0 Å². The summed E-state index contributed by atoms with van der Waals surface area (Å²) in [4.78, 5) is 10.5. The lowest BCUT2D eigenvalue weighted by Crippen LogP contribution is -2.07. The fourth-order valence-electron chi connectivity index (χ4n) is 1.24. The summed E-state index contributed by atoms with van der Waals surface area (Å²) in [6.07, 6.45) is 1.58. The summed E-state index contributed by atoms with van der Waals surface area (Å²) in [7, 11) is 0. The lowest BCUT2D eigenvalue weighted by atomic mass is 9.88. The van der Waals surface area contributed by atoms with E-state index in [1.807, 2.05) is 0 Å². The lowest BCUT2D eigenvalue weighted by molar-refractivity contribution is -0.130. The van der Waals surface area contributed by atoms with E-state index in [9.17, 15) is 4.79 Å². The molecule has 1 aromatic rings. The Morgan fingerprint density at radius 1 is 1.33 bits per heavy atom. The van der Waals surface area contributed by atoms with Gasteiger partial charge in [0.1, 0.15) is 5.75 Å². The summed E-state index contributed by atoms with van der Waals surface area (Å²) in [6.45, 7) is 0. The van der Waals surface area contributed by atoms with Gasteiger partial charge in [-0.3, -0.25) is 0 Å². The summed E-state index contributed by atoms with van der Waals surface area (Å²) in [6, 6.07) is 4.68. The second-order valence-electron chi connectivity index (χ2n) is 2.63. The molecule has 0 bridgehead atoms. The first-order valence-corrected chi connectivity index (χ1v) is 3.47. The maximum Gasteiger partial charge on any atom is 0.336 e. The maximum atomic E-state index is 10.5. The maximum absolute atomic E-state index is 10.5. The van der Waals surface area contributed by atoms with Crippen LogP contribution in [0.3, 0.4) is 0 Å². The highest BCUT2D eigenvalue weighted by Gasteiger charge is 2.21. The molecular formula is C9H6O3. The van der Waals surface area contributed by atoms with Crippen molar-refractivity contribution >= 4 is 17.6 Å². The van der Waals surface area contributed by atoms with Crippen LogP contribution in [0.1, 0.15) is 11.1 Å². The Kier molecular flexibility index (Phi) is 1.21. The second kappa shape index (κ2) is 2.11. The Hall–Kier alpha value is -1.77. The minimum absolute atomic E-state index is 0.0978. The SMILES string of the molecule is O=C(O)C1=Cc2ccc(O)cc21. The van der Waals surface area contributed by atoms with Crippen molar-refractivity contribution in [2.24, 2.45) is 0 Å². The molecule has 1 aliphatic carbocycles. The quantitative estimate of drug-likeness (QED) is 0.654. The highest BCUT2D eigenvalue weighted by molar-refractivity contribution is 6.26. The van der Waals surface area contributed by atoms with Gasteiger partial charge in [0.15, 0.2) is 0 Å². The van der Waals surface area contributed by atoms with Crippen molar-refractivity contribution < 1.29 is 15.0 Å². The molecule has 0 aliphatic heterocycles. The summed E-state index contributed by atoms with van der Waals surface area (Å²) < 4.78 is 0. The number of carboxylic acids is 1. The van der Waals surface area contributed by atoms with Crippen LogP contribution >= 0.6 is 0 Å².